The van der Waals surface area contributed by atoms with E-state index in [1.54, 1.807) is 4.90 Å². The molecular formula is C35H66N4O8. The van der Waals surface area contributed by atoms with E-state index >= 15 is 0 Å². The lowest BCUT2D eigenvalue weighted by molar-refractivity contribution is -0.141. The van der Waals surface area contributed by atoms with E-state index in [-0.39, 0.29) is 70.6 Å². The number of Topliss-reactive ketones (excluding diaryl/α,β-unsaturated/α-hetero) is 1. The predicted octanol–water partition coefficient (Wildman–Crippen LogP) is 4.89. The highest BCUT2D eigenvalue weighted by Gasteiger charge is 2.19. The first-order valence-electron chi connectivity index (χ1n) is 18.2. The number of hydrogen-bond acceptors (Lipinski definition) is 8. The first-order valence-corrected chi connectivity index (χ1v) is 18.2. The van der Waals surface area contributed by atoms with Gasteiger partial charge >= 0.3 is 17.9 Å². The first-order chi connectivity index (χ1) is 22.6. The van der Waals surface area contributed by atoms with E-state index in [1.165, 1.54) is 74.0 Å². The van der Waals surface area contributed by atoms with Crippen LogP contribution < -0.4 is 5.32 Å². The van der Waals surface area contributed by atoms with Gasteiger partial charge < -0.3 is 20.6 Å². The molecule has 0 aromatic heterocycles. The van der Waals surface area contributed by atoms with E-state index < -0.39 is 17.9 Å². The van der Waals surface area contributed by atoms with Gasteiger partial charge in [-0.25, -0.2) is 0 Å². The molecule has 0 saturated heterocycles. The zero-order valence-corrected chi connectivity index (χ0v) is 29.5. The summed E-state index contributed by atoms with van der Waals surface area (Å²) in [5, 5.41) is 31.1. The summed E-state index contributed by atoms with van der Waals surface area (Å²) < 4.78 is 0. The number of carbonyl (C=O) groups excluding carboxylic acids is 2. The van der Waals surface area contributed by atoms with E-state index in [1.807, 2.05) is 0 Å². The van der Waals surface area contributed by atoms with Gasteiger partial charge in [-0.2, -0.15) is 0 Å². The van der Waals surface area contributed by atoms with Crippen LogP contribution in [0.1, 0.15) is 129 Å². The van der Waals surface area contributed by atoms with Gasteiger partial charge in [0, 0.05) is 39.1 Å². The van der Waals surface area contributed by atoms with Crippen molar-refractivity contribution in [1.29, 1.82) is 0 Å². The van der Waals surface area contributed by atoms with Gasteiger partial charge in [-0.3, -0.25) is 38.7 Å². The lowest BCUT2D eigenvalue weighted by Crippen LogP contribution is -2.46. The van der Waals surface area contributed by atoms with Crippen LogP contribution in [0.25, 0.3) is 0 Å². The maximum absolute atomic E-state index is 12.6. The highest BCUT2D eigenvalue weighted by molar-refractivity contribution is 5.81. The molecular weight excluding hydrogens is 604 g/mol. The Bertz CT molecular complexity index is 797. The van der Waals surface area contributed by atoms with Crippen LogP contribution in [0.15, 0.2) is 0 Å². The Morgan fingerprint density at radius 2 is 0.809 bits per heavy atom. The van der Waals surface area contributed by atoms with Gasteiger partial charge in [0.25, 0.3) is 0 Å². The van der Waals surface area contributed by atoms with Gasteiger partial charge in [-0.1, -0.05) is 110 Å². The zero-order valence-electron chi connectivity index (χ0n) is 29.5. The van der Waals surface area contributed by atoms with Crippen molar-refractivity contribution >= 4 is 29.6 Å². The van der Waals surface area contributed by atoms with Gasteiger partial charge in [0.1, 0.15) is 5.78 Å². The summed E-state index contributed by atoms with van der Waals surface area (Å²) in [6.45, 7) is 4.38. The number of carboxylic acids is 3. The largest absolute Gasteiger partial charge is 0.480 e. The lowest BCUT2D eigenvalue weighted by Gasteiger charge is -2.28. The minimum atomic E-state index is -1.09. The molecule has 0 fully saturated rings. The van der Waals surface area contributed by atoms with Crippen LogP contribution in [0.5, 0.6) is 0 Å². The molecule has 0 rings (SSSR count). The molecule has 47 heavy (non-hydrogen) atoms. The van der Waals surface area contributed by atoms with Crippen molar-refractivity contribution in [3.63, 3.8) is 0 Å². The van der Waals surface area contributed by atoms with Crippen LogP contribution in [-0.2, 0) is 24.0 Å². The maximum atomic E-state index is 12.6. The number of carboxylic acid groups (broad SMARTS) is 3. The van der Waals surface area contributed by atoms with Crippen LogP contribution in [0, 0.1) is 0 Å². The second-order valence-electron chi connectivity index (χ2n) is 12.8. The van der Waals surface area contributed by atoms with Gasteiger partial charge in [0.15, 0.2) is 0 Å². The van der Waals surface area contributed by atoms with E-state index in [0.717, 1.165) is 44.9 Å². The molecule has 0 aliphatic rings. The highest BCUT2D eigenvalue weighted by atomic mass is 16.4. The molecule has 12 nitrogen and oxygen atoms in total. The van der Waals surface area contributed by atoms with Crippen molar-refractivity contribution in [2.75, 3.05) is 65.4 Å². The van der Waals surface area contributed by atoms with Gasteiger partial charge in [-0.05, 0) is 12.8 Å². The number of ketones is 1. The number of rotatable bonds is 35. The van der Waals surface area contributed by atoms with Crippen molar-refractivity contribution in [2.24, 2.45) is 0 Å². The Morgan fingerprint density at radius 1 is 0.447 bits per heavy atom. The molecule has 0 aromatic rings. The zero-order chi connectivity index (χ0) is 35.1. The molecule has 0 bridgehead atoms. The van der Waals surface area contributed by atoms with Gasteiger partial charge in [0.05, 0.1) is 32.7 Å². The minimum absolute atomic E-state index is 0.0194. The summed E-state index contributed by atoms with van der Waals surface area (Å²) >= 11 is 0. The summed E-state index contributed by atoms with van der Waals surface area (Å²) in [7, 11) is 0. The lowest BCUT2D eigenvalue weighted by atomic mass is 10.1. The number of nitrogens with one attached hydrogen (secondary N) is 1. The third-order valence-electron chi connectivity index (χ3n) is 8.22. The summed E-state index contributed by atoms with van der Waals surface area (Å²) in [4.78, 5) is 64.2. The second-order valence-corrected chi connectivity index (χ2v) is 12.8. The van der Waals surface area contributed by atoms with Gasteiger partial charge in [0.2, 0.25) is 5.91 Å². The smallest absolute Gasteiger partial charge is 0.317 e. The summed E-state index contributed by atoms with van der Waals surface area (Å²) in [5.74, 6) is -3.56. The normalized spacial score (nSPS) is 11.4. The monoisotopic (exact) mass is 670 g/mol. The van der Waals surface area contributed by atoms with Crippen LogP contribution in [0.3, 0.4) is 0 Å². The first kappa shape index (κ1) is 44.4. The predicted molar refractivity (Wildman–Crippen MR) is 185 cm³/mol. The topological polar surface area (TPSA) is 168 Å². The number of amides is 1. The molecule has 0 aliphatic carbocycles. The second kappa shape index (κ2) is 30.7. The number of nitrogens with zero attached hydrogens (tertiary/aromatic N) is 3. The molecule has 274 valence electrons. The summed E-state index contributed by atoms with van der Waals surface area (Å²) in [5.41, 5.74) is 0. The third-order valence-corrected chi connectivity index (χ3v) is 8.22. The molecule has 0 spiro atoms. The number of carbonyl (C=O) groups is 5. The fourth-order valence-electron chi connectivity index (χ4n) is 5.54. The SMILES string of the molecule is CCCCCCCCCCCC(=O)CN(CCN(CCN(CC(=O)O)CC(=O)NCCCCCCCCCC)CC(=O)O)CC(=O)O. The Morgan fingerprint density at radius 3 is 1.26 bits per heavy atom. The Kier molecular flexibility index (Phi) is 29.1. The number of hydrogen-bond donors (Lipinski definition) is 4. The fourth-order valence-corrected chi connectivity index (χ4v) is 5.54. The summed E-state index contributed by atoms with van der Waals surface area (Å²) in [6.07, 6.45) is 19.8. The Hall–Kier alpha value is -2.57. The standard InChI is InChI=1S/C35H66N4O8/c1-3-5-7-9-11-13-14-16-18-20-31(40)26-38(29-34(44)45)24-22-37(28-33(42)43)23-25-39(30-35(46)47)27-32(41)36-21-19-17-15-12-10-8-6-4-2/h3-30H2,1-2H3,(H,36,41)(H,42,43)(H,44,45)(H,46,47). The van der Waals surface area contributed by atoms with E-state index in [4.69, 9.17) is 0 Å². The van der Waals surface area contributed by atoms with E-state index in [0.29, 0.717) is 13.0 Å². The van der Waals surface area contributed by atoms with Crippen molar-refractivity contribution in [3.05, 3.63) is 0 Å². The average molecular weight is 671 g/mol. The highest BCUT2D eigenvalue weighted by Crippen LogP contribution is 2.11. The van der Waals surface area contributed by atoms with E-state index in [2.05, 4.69) is 19.2 Å². The van der Waals surface area contributed by atoms with Crippen LogP contribution in [0.4, 0.5) is 0 Å². The van der Waals surface area contributed by atoms with Crippen molar-refractivity contribution in [1.82, 2.24) is 20.0 Å². The molecule has 0 radical (unpaired) electrons. The van der Waals surface area contributed by atoms with Gasteiger partial charge in [-0.15, -0.1) is 0 Å². The van der Waals surface area contributed by atoms with Crippen LogP contribution in [-0.4, -0.2) is 125 Å². The third kappa shape index (κ3) is 30.5. The van der Waals surface area contributed by atoms with Crippen LogP contribution in [0.2, 0.25) is 0 Å². The molecule has 12 heteroatoms. The molecule has 0 heterocycles. The van der Waals surface area contributed by atoms with Crippen molar-refractivity contribution in [2.45, 2.75) is 129 Å². The fraction of sp³-hybridized carbons (Fsp3) is 0.857. The number of unbranched alkanes of at least 4 members (excludes halogenated alkanes) is 15. The Labute approximate surface area is 283 Å². The molecule has 0 aliphatic heterocycles. The van der Waals surface area contributed by atoms with Crippen molar-refractivity contribution in [3.8, 4) is 0 Å². The average Bonchev–Trinajstić information content (AvgIpc) is 2.99. The summed E-state index contributed by atoms with van der Waals surface area (Å²) in [6, 6.07) is 0. The van der Waals surface area contributed by atoms with E-state index in [9.17, 15) is 39.3 Å². The van der Waals surface area contributed by atoms with Crippen LogP contribution >= 0.6 is 0 Å². The Balaban J connectivity index is 4.73. The molecule has 1 amide bonds. The molecule has 0 aromatic carbocycles. The molecule has 0 saturated carbocycles. The molecule has 4 N–H and O–H groups in total. The maximum Gasteiger partial charge on any atom is 0.317 e. The molecule has 0 atom stereocenters. The quantitative estimate of drug-likeness (QED) is 0.0678. The van der Waals surface area contributed by atoms with Crippen molar-refractivity contribution < 1.29 is 39.3 Å². The number of aliphatic carboxylic acids is 3. The molecule has 0 unspecified atom stereocenters. The minimum Gasteiger partial charge on any atom is -0.480 e.